The lowest BCUT2D eigenvalue weighted by Crippen LogP contribution is -2.48. The number of amides is 1. The topological polar surface area (TPSA) is 48.3 Å². The molecule has 0 N–H and O–H groups in total. The molecule has 5 nitrogen and oxygen atoms in total. The van der Waals surface area contributed by atoms with Crippen molar-refractivity contribution in [2.45, 2.75) is 13.8 Å². The first-order valence-electron chi connectivity index (χ1n) is 7.69. The molecule has 120 valence electrons. The predicted molar refractivity (Wildman–Crippen MR) is 92.7 cm³/mol. The first-order chi connectivity index (χ1) is 11.0. The molecular weight excluding hydrogens is 312 g/mol. The molecule has 2 heterocycles. The molecule has 1 aromatic rings. The summed E-state index contributed by atoms with van der Waals surface area (Å²) >= 11 is 5.89. The van der Waals surface area contributed by atoms with E-state index < -0.39 is 0 Å². The predicted octanol–water partition coefficient (Wildman–Crippen LogP) is 2.77. The van der Waals surface area contributed by atoms with Crippen LogP contribution in [0.1, 0.15) is 19.4 Å². The van der Waals surface area contributed by atoms with Crippen molar-refractivity contribution >= 4 is 29.7 Å². The van der Waals surface area contributed by atoms with E-state index in [1.807, 2.05) is 29.2 Å². The number of halogens is 1. The quantitative estimate of drug-likeness (QED) is 0.797. The van der Waals surface area contributed by atoms with E-state index in [1.165, 1.54) is 0 Å². The number of fused-ring (bicyclic) bond motifs is 1. The fraction of sp³-hybridized carbons (Fsp3) is 0.353. The maximum atomic E-state index is 12.2. The van der Waals surface area contributed by atoms with Crippen LogP contribution in [0.25, 0.3) is 0 Å². The maximum absolute atomic E-state index is 12.2. The van der Waals surface area contributed by atoms with E-state index in [9.17, 15) is 4.79 Å². The van der Waals surface area contributed by atoms with Gasteiger partial charge in [-0.05, 0) is 23.6 Å². The molecule has 0 fully saturated rings. The van der Waals surface area contributed by atoms with Crippen molar-refractivity contribution in [1.82, 2.24) is 9.80 Å². The van der Waals surface area contributed by atoms with Crippen molar-refractivity contribution in [2.24, 2.45) is 15.9 Å². The minimum absolute atomic E-state index is 0.0514. The summed E-state index contributed by atoms with van der Waals surface area (Å²) < 4.78 is 0. The fourth-order valence-electron chi connectivity index (χ4n) is 2.58. The third-order valence-corrected chi connectivity index (χ3v) is 3.87. The zero-order valence-electron chi connectivity index (χ0n) is 13.2. The van der Waals surface area contributed by atoms with Crippen LogP contribution in [-0.2, 0) is 4.79 Å². The van der Waals surface area contributed by atoms with E-state index in [0.29, 0.717) is 29.9 Å². The SMILES string of the molecule is CC(C)CN1C(N=Cc2ccc(Cl)cc2)=CC(=O)N2CCN=C21. The van der Waals surface area contributed by atoms with Crippen molar-refractivity contribution in [3.63, 3.8) is 0 Å². The number of carbonyl (C=O) groups excluding carboxylic acids is 1. The Morgan fingerprint density at radius 2 is 2.09 bits per heavy atom. The number of aliphatic imine (C=N–C) groups is 2. The Labute approximate surface area is 141 Å². The summed E-state index contributed by atoms with van der Waals surface area (Å²) in [6, 6.07) is 7.42. The number of nitrogens with zero attached hydrogens (tertiary/aromatic N) is 4. The molecule has 0 atom stereocenters. The zero-order valence-corrected chi connectivity index (χ0v) is 14.0. The Kier molecular flexibility index (Phi) is 4.48. The van der Waals surface area contributed by atoms with Gasteiger partial charge in [0.2, 0.25) is 5.96 Å². The number of hydrogen-bond acceptors (Lipinski definition) is 4. The molecule has 0 aromatic heterocycles. The van der Waals surface area contributed by atoms with Crippen LogP contribution in [0.4, 0.5) is 0 Å². The molecule has 0 saturated heterocycles. The summed E-state index contributed by atoms with van der Waals surface area (Å²) in [7, 11) is 0. The smallest absolute Gasteiger partial charge is 0.257 e. The normalized spacial score (nSPS) is 17.8. The lowest BCUT2D eigenvalue weighted by atomic mass is 10.2. The number of benzene rings is 1. The first-order valence-corrected chi connectivity index (χ1v) is 8.07. The highest BCUT2D eigenvalue weighted by atomic mass is 35.5. The van der Waals surface area contributed by atoms with Crippen LogP contribution in [-0.4, -0.2) is 47.5 Å². The Morgan fingerprint density at radius 1 is 1.35 bits per heavy atom. The lowest BCUT2D eigenvalue weighted by molar-refractivity contribution is -0.123. The summed E-state index contributed by atoms with van der Waals surface area (Å²) in [5, 5.41) is 0.687. The number of hydrogen-bond donors (Lipinski definition) is 0. The largest absolute Gasteiger partial charge is 0.296 e. The summed E-state index contributed by atoms with van der Waals surface area (Å²) in [6.45, 7) is 6.34. The summed E-state index contributed by atoms with van der Waals surface area (Å²) in [4.78, 5) is 24.9. The molecule has 0 aliphatic carbocycles. The van der Waals surface area contributed by atoms with Gasteiger partial charge in [0.05, 0.1) is 6.54 Å². The van der Waals surface area contributed by atoms with Gasteiger partial charge >= 0.3 is 0 Å². The van der Waals surface area contributed by atoms with Gasteiger partial charge in [-0.15, -0.1) is 0 Å². The molecule has 1 aromatic carbocycles. The van der Waals surface area contributed by atoms with Gasteiger partial charge in [0.15, 0.2) is 0 Å². The van der Waals surface area contributed by atoms with Gasteiger partial charge in [-0.2, -0.15) is 0 Å². The molecular formula is C17H19ClN4O. The molecule has 3 rings (SSSR count). The third-order valence-electron chi connectivity index (χ3n) is 3.62. The van der Waals surface area contributed by atoms with Gasteiger partial charge in [0.25, 0.3) is 5.91 Å². The average molecular weight is 331 g/mol. The van der Waals surface area contributed by atoms with Crippen LogP contribution in [0.15, 0.2) is 46.1 Å². The molecule has 2 aliphatic heterocycles. The fourth-order valence-corrected chi connectivity index (χ4v) is 2.71. The third kappa shape index (κ3) is 3.45. The average Bonchev–Trinajstić information content (AvgIpc) is 3.00. The second-order valence-electron chi connectivity index (χ2n) is 5.99. The van der Waals surface area contributed by atoms with Crippen LogP contribution >= 0.6 is 11.6 Å². The molecule has 0 bridgehead atoms. The number of guanidine groups is 1. The molecule has 6 heteroatoms. The monoisotopic (exact) mass is 330 g/mol. The van der Waals surface area contributed by atoms with Crippen LogP contribution in [0, 0.1) is 5.92 Å². The number of carbonyl (C=O) groups is 1. The minimum Gasteiger partial charge on any atom is -0.296 e. The highest BCUT2D eigenvalue weighted by Gasteiger charge is 2.33. The molecule has 0 radical (unpaired) electrons. The van der Waals surface area contributed by atoms with Gasteiger partial charge in [0.1, 0.15) is 5.82 Å². The highest BCUT2D eigenvalue weighted by molar-refractivity contribution is 6.30. The summed E-state index contributed by atoms with van der Waals surface area (Å²) in [6.07, 6.45) is 3.33. The summed E-state index contributed by atoms with van der Waals surface area (Å²) in [5.41, 5.74) is 0.933. The zero-order chi connectivity index (χ0) is 16.4. The van der Waals surface area contributed by atoms with E-state index in [-0.39, 0.29) is 5.91 Å². The van der Waals surface area contributed by atoms with E-state index in [4.69, 9.17) is 11.6 Å². The van der Waals surface area contributed by atoms with Crippen molar-refractivity contribution in [3.8, 4) is 0 Å². The molecule has 1 amide bonds. The van der Waals surface area contributed by atoms with Crippen LogP contribution in [0.5, 0.6) is 0 Å². The molecule has 0 saturated carbocycles. The molecule has 0 spiro atoms. The minimum atomic E-state index is -0.0514. The van der Waals surface area contributed by atoms with E-state index in [2.05, 4.69) is 23.8 Å². The number of rotatable bonds is 4. The van der Waals surface area contributed by atoms with Crippen LogP contribution in [0.3, 0.4) is 0 Å². The Morgan fingerprint density at radius 3 is 2.78 bits per heavy atom. The Bertz CT molecular complexity index is 691. The van der Waals surface area contributed by atoms with Gasteiger partial charge < -0.3 is 0 Å². The molecule has 23 heavy (non-hydrogen) atoms. The van der Waals surface area contributed by atoms with Crippen molar-refractivity contribution in [2.75, 3.05) is 19.6 Å². The van der Waals surface area contributed by atoms with E-state index >= 15 is 0 Å². The molecule has 2 aliphatic rings. The van der Waals surface area contributed by atoms with Gasteiger partial charge in [-0.1, -0.05) is 37.6 Å². The van der Waals surface area contributed by atoms with Gasteiger partial charge in [-0.3, -0.25) is 19.6 Å². The van der Waals surface area contributed by atoms with Crippen LogP contribution in [0.2, 0.25) is 5.02 Å². The lowest BCUT2D eigenvalue weighted by Gasteiger charge is -2.34. The second kappa shape index (κ2) is 6.54. The van der Waals surface area contributed by atoms with Gasteiger partial charge in [-0.25, -0.2) is 4.99 Å². The standard InChI is InChI=1S/C17H19ClN4O/c1-12(2)11-22-15(9-16(23)21-8-7-19-17(21)22)20-10-13-3-5-14(18)6-4-13/h3-6,9-10,12H,7-8,11H2,1-2H3. The van der Waals surface area contributed by atoms with Crippen molar-refractivity contribution in [1.29, 1.82) is 0 Å². The highest BCUT2D eigenvalue weighted by Crippen LogP contribution is 2.21. The van der Waals surface area contributed by atoms with Crippen molar-refractivity contribution < 1.29 is 4.79 Å². The Balaban J connectivity index is 1.89. The summed E-state index contributed by atoms with van der Waals surface area (Å²) in [5.74, 6) is 1.73. The first kappa shape index (κ1) is 15.7. The van der Waals surface area contributed by atoms with Gasteiger partial charge in [0, 0.05) is 30.4 Å². The molecule has 0 unspecified atom stereocenters. The second-order valence-corrected chi connectivity index (χ2v) is 6.42. The van der Waals surface area contributed by atoms with E-state index in [0.717, 1.165) is 18.1 Å². The Hall–Kier alpha value is -2.14. The maximum Gasteiger partial charge on any atom is 0.257 e. The van der Waals surface area contributed by atoms with Crippen molar-refractivity contribution in [3.05, 3.63) is 46.7 Å². The van der Waals surface area contributed by atoms with Crippen LogP contribution < -0.4 is 0 Å². The van der Waals surface area contributed by atoms with E-state index in [1.54, 1.807) is 17.2 Å².